The summed E-state index contributed by atoms with van der Waals surface area (Å²) < 4.78 is 7.06. The maximum atomic E-state index is 12.2. The maximum absolute atomic E-state index is 12.2. The van der Waals surface area contributed by atoms with Crippen molar-refractivity contribution in [1.82, 2.24) is 20.1 Å². The highest BCUT2D eigenvalue weighted by atomic mass is 32.2. The Hall–Kier alpha value is -2.59. The van der Waals surface area contributed by atoms with E-state index in [9.17, 15) is 14.4 Å². The van der Waals surface area contributed by atoms with Gasteiger partial charge in [-0.25, -0.2) is 9.89 Å². The summed E-state index contributed by atoms with van der Waals surface area (Å²) in [6.07, 6.45) is 1.89. The van der Waals surface area contributed by atoms with Crippen molar-refractivity contribution < 1.29 is 14.3 Å². The van der Waals surface area contributed by atoms with Gasteiger partial charge in [0, 0.05) is 24.9 Å². The molecular weight excluding hydrogens is 370 g/mol. The largest absolute Gasteiger partial charge is 0.376 e. The number of nitrogens with one attached hydrogen (secondary N) is 3. The van der Waals surface area contributed by atoms with Crippen molar-refractivity contribution in [3.05, 3.63) is 40.3 Å². The van der Waals surface area contributed by atoms with Crippen LogP contribution in [0.2, 0.25) is 0 Å². The average molecular weight is 391 g/mol. The fraction of sp³-hybridized carbons (Fsp3) is 0.412. The van der Waals surface area contributed by atoms with Crippen LogP contribution in [0.25, 0.3) is 0 Å². The van der Waals surface area contributed by atoms with Crippen LogP contribution >= 0.6 is 11.8 Å². The topological polar surface area (TPSA) is 118 Å². The van der Waals surface area contributed by atoms with Crippen molar-refractivity contribution in [2.45, 2.75) is 30.6 Å². The number of carbonyl (C=O) groups is 2. The molecule has 3 N–H and O–H groups in total. The van der Waals surface area contributed by atoms with E-state index >= 15 is 0 Å². The highest BCUT2D eigenvalue weighted by molar-refractivity contribution is 7.99. The number of benzene rings is 1. The molecule has 0 saturated carbocycles. The molecule has 3 rings (SSSR count). The second kappa shape index (κ2) is 8.87. The van der Waals surface area contributed by atoms with Gasteiger partial charge in [0.15, 0.2) is 5.16 Å². The lowest BCUT2D eigenvalue weighted by molar-refractivity contribution is -0.113. The molecule has 27 heavy (non-hydrogen) atoms. The van der Waals surface area contributed by atoms with E-state index in [1.807, 2.05) is 0 Å². The normalized spacial score (nSPS) is 16.3. The van der Waals surface area contributed by atoms with Crippen molar-refractivity contribution in [1.29, 1.82) is 0 Å². The number of H-pyrrole nitrogens is 1. The summed E-state index contributed by atoms with van der Waals surface area (Å²) in [5.41, 5.74) is 0.674. The lowest BCUT2D eigenvalue weighted by Crippen LogP contribution is -2.25. The van der Waals surface area contributed by atoms with E-state index in [0.29, 0.717) is 29.6 Å². The number of aromatic amines is 1. The molecule has 0 spiro atoms. The SMILES string of the molecule is CNC(=O)c1cccc(NC(=O)CSc2n[nH]c(=O)n2C[C@@H]2CCCO2)c1. The minimum Gasteiger partial charge on any atom is -0.376 e. The lowest BCUT2D eigenvalue weighted by Gasteiger charge is -2.11. The highest BCUT2D eigenvalue weighted by Crippen LogP contribution is 2.18. The van der Waals surface area contributed by atoms with Crippen LogP contribution in [-0.4, -0.2) is 52.1 Å². The quantitative estimate of drug-likeness (QED) is 0.602. The molecule has 2 aromatic rings. The van der Waals surface area contributed by atoms with Crippen molar-refractivity contribution in [3.8, 4) is 0 Å². The van der Waals surface area contributed by atoms with Gasteiger partial charge in [-0.3, -0.25) is 14.2 Å². The Morgan fingerprint density at radius 3 is 3.04 bits per heavy atom. The monoisotopic (exact) mass is 391 g/mol. The molecule has 1 atom stereocenters. The number of carbonyl (C=O) groups excluding carboxylic acids is 2. The van der Waals surface area contributed by atoms with E-state index in [1.165, 1.54) is 16.3 Å². The Balaban J connectivity index is 1.58. The minimum absolute atomic E-state index is 0.000860. The molecule has 1 fully saturated rings. The van der Waals surface area contributed by atoms with Crippen LogP contribution in [0.4, 0.5) is 5.69 Å². The molecule has 0 aliphatic carbocycles. The van der Waals surface area contributed by atoms with Crippen molar-refractivity contribution in [2.24, 2.45) is 0 Å². The van der Waals surface area contributed by atoms with E-state index in [1.54, 1.807) is 31.3 Å². The van der Waals surface area contributed by atoms with Crippen LogP contribution in [0.3, 0.4) is 0 Å². The first-order valence-corrected chi connectivity index (χ1v) is 9.57. The number of anilines is 1. The molecule has 1 aliphatic rings. The van der Waals surface area contributed by atoms with Gasteiger partial charge in [0.1, 0.15) is 0 Å². The van der Waals surface area contributed by atoms with Crippen molar-refractivity contribution in [3.63, 3.8) is 0 Å². The van der Waals surface area contributed by atoms with Crippen molar-refractivity contribution >= 4 is 29.3 Å². The van der Waals surface area contributed by atoms with E-state index in [4.69, 9.17) is 4.74 Å². The molecular formula is C17H21N5O4S. The van der Waals surface area contributed by atoms with Gasteiger partial charge >= 0.3 is 5.69 Å². The average Bonchev–Trinajstić information content (AvgIpc) is 3.31. The predicted octanol–water partition coefficient (Wildman–Crippen LogP) is 0.841. The molecule has 0 unspecified atom stereocenters. The molecule has 1 aromatic carbocycles. The lowest BCUT2D eigenvalue weighted by atomic mass is 10.2. The number of thioether (sulfide) groups is 1. The van der Waals surface area contributed by atoms with Gasteiger partial charge in [-0.1, -0.05) is 17.8 Å². The molecule has 9 nitrogen and oxygen atoms in total. The first-order valence-electron chi connectivity index (χ1n) is 8.58. The summed E-state index contributed by atoms with van der Waals surface area (Å²) in [6, 6.07) is 6.66. The highest BCUT2D eigenvalue weighted by Gasteiger charge is 2.20. The third-order valence-corrected chi connectivity index (χ3v) is 5.08. The second-order valence-electron chi connectivity index (χ2n) is 6.05. The molecule has 0 radical (unpaired) electrons. The molecule has 1 aliphatic heterocycles. The zero-order chi connectivity index (χ0) is 19.2. The van der Waals surface area contributed by atoms with Gasteiger partial charge in [0.05, 0.1) is 18.4 Å². The molecule has 0 bridgehead atoms. The number of hydrogen-bond donors (Lipinski definition) is 3. The smallest absolute Gasteiger partial charge is 0.344 e. The summed E-state index contributed by atoms with van der Waals surface area (Å²) in [7, 11) is 1.55. The Morgan fingerprint density at radius 2 is 2.30 bits per heavy atom. The second-order valence-corrected chi connectivity index (χ2v) is 7.00. The zero-order valence-electron chi connectivity index (χ0n) is 14.9. The van der Waals surface area contributed by atoms with Crippen LogP contribution in [0.5, 0.6) is 0 Å². The van der Waals surface area contributed by atoms with E-state index in [2.05, 4.69) is 20.8 Å². The standard InChI is InChI=1S/C17H21N5O4S/c1-18-15(24)11-4-2-5-12(8-11)19-14(23)10-27-17-21-20-16(25)22(17)9-13-6-3-7-26-13/h2,4-5,8,13H,3,6-7,9-10H2,1H3,(H,18,24)(H,19,23)(H,20,25)/t13-/m0/s1. The van der Waals surface area contributed by atoms with Gasteiger partial charge in [0.25, 0.3) is 5.91 Å². The fourth-order valence-corrected chi connectivity index (χ4v) is 3.53. The summed E-state index contributed by atoms with van der Waals surface area (Å²) in [6.45, 7) is 1.13. The zero-order valence-corrected chi connectivity index (χ0v) is 15.7. The number of ether oxygens (including phenoxy) is 1. The number of nitrogens with zero attached hydrogens (tertiary/aromatic N) is 2. The van der Waals surface area contributed by atoms with Crippen LogP contribution in [0.1, 0.15) is 23.2 Å². The Kier molecular flexibility index (Phi) is 6.30. The Morgan fingerprint density at radius 1 is 1.44 bits per heavy atom. The molecule has 2 heterocycles. The van der Waals surface area contributed by atoms with E-state index < -0.39 is 0 Å². The number of amides is 2. The number of aromatic nitrogens is 3. The fourth-order valence-electron chi connectivity index (χ4n) is 2.78. The summed E-state index contributed by atoms with van der Waals surface area (Å²) >= 11 is 1.17. The van der Waals surface area contributed by atoms with E-state index in [0.717, 1.165) is 12.8 Å². The van der Waals surface area contributed by atoms with Crippen LogP contribution in [0, 0.1) is 0 Å². The molecule has 10 heteroatoms. The van der Waals surface area contributed by atoms with Crippen LogP contribution < -0.4 is 16.3 Å². The maximum Gasteiger partial charge on any atom is 0.344 e. The Bertz CT molecular complexity index is 872. The third kappa shape index (κ3) is 4.98. The molecule has 1 saturated heterocycles. The number of rotatable bonds is 7. The third-order valence-electron chi connectivity index (χ3n) is 4.10. The van der Waals surface area contributed by atoms with Gasteiger partial charge in [-0.05, 0) is 31.0 Å². The molecule has 2 amide bonds. The minimum atomic E-state index is -0.313. The first-order chi connectivity index (χ1) is 13.1. The van der Waals surface area contributed by atoms with Crippen molar-refractivity contribution in [2.75, 3.05) is 24.7 Å². The Labute approximate surface area is 159 Å². The summed E-state index contributed by atoms with van der Waals surface area (Å²) in [4.78, 5) is 35.8. The molecule has 1 aromatic heterocycles. The van der Waals surface area contributed by atoms with Gasteiger partial charge in [0.2, 0.25) is 5.91 Å². The predicted molar refractivity (Wildman–Crippen MR) is 101 cm³/mol. The summed E-state index contributed by atoms with van der Waals surface area (Å²) in [5, 5.41) is 12.1. The van der Waals surface area contributed by atoms with Gasteiger partial charge < -0.3 is 15.4 Å². The molecule has 144 valence electrons. The van der Waals surface area contributed by atoms with Crippen LogP contribution in [-0.2, 0) is 16.1 Å². The first kappa shape index (κ1) is 19.2. The number of hydrogen-bond acceptors (Lipinski definition) is 6. The van der Waals surface area contributed by atoms with Gasteiger partial charge in [-0.2, -0.15) is 0 Å². The van der Waals surface area contributed by atoms with E-state index in [-0.39, 0.29) is 29.4 Å². The van der Waals surface area contributed by atoms with Crippen LogP contribution in [0.15, 0.2) is 34.2 Å². The van der Waals surface area contributed by atoms with Gasteiger partial charge in [-0.15, -0.1) is 5.10 Å². The summed E-state index contributed by atoms with van der Waals surface area (Å²) in [5.74, 6) is -0.400.